The van der Waals surface area contributed by atoms with Gasteiger partial charge in [-0.25, -0.2) is 13.6 Å². The number of nitrogens with two attached hydrogens (primary N) is 1. The van der Waals surface area contributed by atoms with E-state index in [4.69, 9.17) is 5.73 Å². The molecule has 2 N–H and O–H groups in total. The molecule has 5 heteroatoms. The molecule has 0 spiro atoms. The third-order valence-electron chi connectivity index (χ3n) is 2.69. The molecule has 2 rings (SSSR count). The Hall–Kier alpha value is -2.43. The third kappa shape index (κ3) is 2.40. The Morgan fingerprint density at radius 2 is 1.95 bits per heavy atom. The standard InChI is InChI=1S/C14H11F2NO2/c1-19-14(18)9-4-2-3-8(7-9)12-10(15)5-6-11(17)13(12)16/h2-7H,17H2,1H3. The van der Waals surface area contributed by atoms with E-state index in [0.29, 0.717) is 0 Å². The Morgan fingerprint density at radius 3 is 2.63 bits per heavy atom. The van der Waals surface area contributed by atoms with Gasteiger partial charge in [-0.1, -0.05) is 12.1 Å². The molecule has 19 heavy (non-hydrogen) atoms. The molecule has 0 radical (unpaired) electrons. The summed E-state index contributed by atoms with van der Waals surface area (Å²) >= 11 is 0. The van der Waals surface area contributed by atoms with Crippen LogP contribution in [0.3, 0.4) is 0 Å². The summed E-state index contributed by atoms with van der Waals surface area (Å²) in [7, 11) is 1.23. The van der Waals surface area contributed by atoms with E-state index in [1.165, 1.54) is 31.4 Å². The fraction of sp³-hybridized carbons (Fsp3) is 0.0714. The van der Waals surface area contributed by atoms with Crippen molar-refractivity contribution in [2.75, 3.05) is 12.8 Å². The van der Waals surface area contributed by atoms with Crippen molar-refractivity contribution in [2.24, 2.45) is 0 Å². The highest BCUT2D eigenvalue weighted by atomic mass is 19.1. The van der Waals surface area contributed by atoms with E-state index in [1.807, 2.05) is 0 Å². The van der Waals surface area contributed by atoms with Gasteiger partial charge in [0, 0.05) is 0 Å². The Morgan fingerprint density at radius 1 is 1.21 bits per heavy atom. The number of hydrogen-bond acceptors (Lipinski definition) is 3. The molecular weight excluding hydrogens is 252 g/mol. The molecule has 0 heterocycles. The topological polar surface area (TPSA) is 52.3 Å². The summed E-state index contributed by atoms with van der Waals surface area (Å²) in [6, 6.07) is 8.10. The molecule has 0 bridgehead atoms. The van der Waals surface area contributed by atoms with Crippen LogP contribution in [-0.2, 0) is 4.74 Å². The minimum atomic E-state index is -0.845. The molecule has 0 aliphatic heterocycles. The average molecular weight is 263 g/mol. The van der Waals surface area contributed by atoms with Crippen LogP contribution in [0.2, 0.25) is 0 Å². The summed E-state index contributed by atoms with van der Waals surface area (Å²) in [5, 5.41) is 0. The van der Waals surface area contributed by atoms with Gasteiger partial charge in [-0.05, 0) is 29.8 Å². The number of nitrogen functional groups attached to an aromatic ring is 1. The molecule has 2 aromatic rings. The van der Waals surface area contributed by atoms with Gasteiger partial charge < -0.3 is 10.5 Å². The predicted octanol–water partition coefficient (Wildman–Crippen LogP) is 3.00. The fourth-order valence-electron chi connectivity index (χ4n) is 1.75. The number of carbonyl (C=O) groups is 1. The molecule has 0 unspecified atom stereocenters. The van der Waals surface area contributed by atoms with E-state index in [-0.39, 0.29) is 22.4 Å². The quantitative estimate of drug-likeness (QED) is 0.669. The van der Waals surface area contributed by atoms with Crippen LogP contribution >= 0.6 is 0 Å². The summed E-state index contributed by atoms with van der Waals surface area (Å²) in [6.07, 6.45) is 0. The Kier molecular flexibility index (Phi) is 3.46. The number of anilines is 1. The fourth-order valence-corrected chi connectivity index (χ4v) is 1.75. The largest absolute Gasteiger partial charge is 0.465 e. The van der Waals surface area contributed by atoms with Gasteiger partial charge in [0.1, 0.15) is 5.82 Å². The van der Waals surface area contributed by atoms with Crippen molar-refractivity contribution in [1.82, 2.24) is 0 Å². The number of hydrogen-bond donors (Lipinski definition) is 1. The summed E-state index contributed by atoms with van der Waals surface area (Å²) < 4.78 is 32.2. The maximum Gasteiger partial charge on any atom is 0.337 e. The number of methoxy groups -OCH3 is 1. The van der Waals surface area contributed by atoms with Crippen LogP contribution in [0.1, 0.15) is 10.4 Å². The molecule has 0 saturated carbocycles. The van der Waals surface area contributed by atoms with E-state index >= 15 is 0 Å². The van der Waals surface area contributed by atoms with E-state index in [0.717, 1.165) is 12.1 Å². The molecular formula is C14H11F2NO2. The monoisotopic (exact) mass is 263 g/mol. The molecule has 0 atom stereocenters. The normalized spacial score (nSPS) is 10.3. The third-order valence-corrected chi connectivity index (χ3v) is 2.69. The summed E-state index contributed by atoms with van der Waals surface area (Å²) in [5.74, 6) is -2.16. The minimum absolute atomic E-state index is 0.153. The van der Waals surface area contributed by atoms with Crippen molar-refractivity contribution in [1.29, 1.82) is 0 Å². The van der Waals surface area contributed by atoms with Crippen molar-refractivity contribution >= 4 is 11.7 Å². The Bertz CT molecular complexity index is 641. The zero-order chi connectivity index (χ0) is 14.0. The summed E-state index contributed by atoms with van der Waals surface area (Å²) in [4.78, 5) is 11.4. The van der Waals surface area contributed by atoms with E-state index in [9.17, 15) is 13.6 Å². The van der Waals surface area contributed by atoms with Crippen LogP contribution in [0, 0.1) is 11.6 Å². The lowest BCUT2D eigenvalue weighted by Crippen LogP contribution is -2.02. The van der Waals surface area contributed by atoms with E-state index in [1.54, 1.807) is 0 Å². The first kappa shape index (κ1) is 13.0. The van der Waals surface area contributed by atoms with Crippen LogP contribution < -0.4 is 5.73 Å². The Labute approximate surface area is 108 Å². The van der Waals surface area contributed by atoms with E-state index < -0.39 is 17.6 Å². The molecule has 0 aliphatic rings. The maximum absolute atomic E-state index is 13.9. The highest BCUT2D eigenvalue weighted by Gasteiger charge is 2.15. The minimum Gasteiger partial charge on any atom is -0.465 e. The lowest BCUT2D eigenvalue weighted by Gasteiger charge is -2.08. The van der Waals surface area contributed by atoms with Gasteiger partial charge in [0.05, 0.1) is 23.9 Å². The zero-order valence-electron chi connectivity index (χ0n) is 10.1. The van der Waals surface area contributed by atoms with Gasteiger partial charge in [-0.3, -0.25) is 0 Å². The number of esters is 1. The second kappa shape index (κ2) is 5.06. The van der Waals surface area contributed by atoms with Crippen LogP contribution in [0.5, 0.6) is 0 Å². The first-order valence-electron chi connectivity index (χ1n) is 5.47. The second-order valence-corrected chi connectivity index (χ2v) is 3.90. The number of ether oxygens (including phenoxy) is 1. The second-order valence-electron chi connectivity index (χ2n) is 3.90. The molecule has 0 amide bonds. The summed E-state index contributed by atoms with van der Waals surface area (Å²) in [5.41, 5.74) is 5.44. The molecule has 0 saturated heterocycles. The molecule has 0 fully saturated rings. The van der Waals surface area contributed by atoms with Gasteiger partial charge in [-0.2, -0.15) is 0 Å². The first-order chi connectivity index (χ1) is 9.04. The number of carbonyl (C=O) groups excluding carboxylic acids is 1. The first-order valence-corrected chi connectivity index (χ1v) is 5.47. The van der Waals surface area contributed by atoms with Gasteiger partial charge in [0.2, 0.25) is 0 Å². The van der Waals surface area contributed by atoms with Crippen molar-refractivity contribution < 1.29 is 18.3 Å². The molecule has 2 aromatic carbocycles. The molecule has 0 aliphatic carbocycles. The SMILES string of the molecule is COC(=O)c1cccc(-c2c(F)ccc(N)c2F)c1. The van der Waals surface area contributed by atoms with Gasteiger partial charge >= 0.3 is 5.97 Å². The van der Waals surface area contributed by atoms with Crippen LogP contribution in [0.25, 0.3) is 11.1 Å². The average Bonchev–Trinajstić information content (AvgIpc) is 2.43. The van der Waals surface area contributed by atoms with Crippen LogP contribution in [0.15, 0.2) is 36.4 Å². The number of benzene rings is 2. The highest BCUT2D eigenvalue weighted by Crippen LogP contribution is 2.29. The molecule has 98 valence electrons. The highest BCUT2D eigenvalue weighted by molar-refractivity contribution is 5.91. The smallest absolute Gasteiger partial charge is 0.337 e. The van der Waals surface area contributed by atoms with Crippen molar-refractivity contribution in [2.45, 2.75) is 0 Å². The Balaban J connectivity index is 2.60. The van der Waals surface area contributed by atoms with Crippen molar-refractivity contribution in [3.05, 3.63) is 53.6 Å². The van der Waals surface area contributed by atoms with Gasteiger partial charge in [0.15, 0.2) is 5.82 Å². The lowest BCUT2D eigenvalue weighted by atomic mass is 10.0. The molecule has 0 aromatic heterocycles. The lowest BCUT2D eigenvalue weighted by molar-refractivity contribution is 0.0601. The van der Waals surface area contributed by atoms with Crippen molar-refractivity contribution in [3.63, 3.8) is 0 Å². The number of rotatable bonds is 2. The zero-order valence-corrected chi connectivity index (χ0v) is 10.1. The van der Waals surface area contributed by atoms with Crippen LogP contribution in [-0.4, -0.2) is 13.1 Å². The maximum atomic E-state index is 13.9. The van der Waals surface area contributed by atoms with Gasteiger partial charge in [0.25, 0.3) is 0 Å². The van der Waals surface area contributed by atoms with Crippen LogP contribution in [0.4, 0.5) is 14.5 Å². The van der Waals surface area contributed by atoms with Crippen molar-refractivity contribution in [3.8, 4) is 11.1 Å². The molecule has 3 nitrogen and oxygen atoms in total. The number of halogens is 2. The summed E-state index contributed by atoms with van der Waals surface area (Å²) in [6.45, 7) is 0. The van der Waals surface area contributed by atoms with Gasteiger partial charge in [-0.15, -0.1) is 0 Å². The van der Waals surface area contributed by atoms with E-state index in [2.05, 4.69) is 4.74 Å². The predicted molar refractivity (Wildman–Crippen MR) is 67.5 cm³/mol.